The lowest BCUT2D eigenvalue weighted by molar-refractivity contribution is 0.0942. The predicted molar refractivity (Wildman–Crippen MR) is 91.5 cm³/mol. The van der Waals surface area contributed by atoms with Gasteiger partial charge in [-0.3, -0.25) is 9.59 Å². The molecule has 0 aliphatic carbocycles. The van der Waals surface area contributed by atoms with Gasteiger partial charge in [0.05, 0.1) is 0 Å². The Hall–Kier alpha value is -2.69. The van der Waals surface area contributed by atoms with Crippen LogP contribution in [0.2, 0.25) is 0 Å². The molecule has 2 aromatic carbocycles. The van der Waals surface area contributed by atoms with Crippen LogP contribution in [0.3, 0.4) is 0 Å². The molecule has 0 aliphatic rings. The molecule has 126 valence electrons. The van der Waals surface area contributed by atoms with E-state index in [1.807, 2.05) is 6.92 Å². The number of hydrogen-bond acceptors (Lipinski definition) is 2. The highest BCUT2D eigenvalue weighted by molar-refractivity contribution is 5.97. The van der Waals surface area contributed by atoms with Gasteiger partial charge < -0.3 is 10.6 Å². The summed E-state index contributed by atoms with van der Waals surface area (Å²) in [6.45, 7) is 3.08. The summed E-state index contributed by atoms with van der Waals surface area (Å²) in [4.78, 5) is 23.9. The van der Waals surface area contributed by atoms with Crippen molar-refractivity contribution in [2.24, 2.45) is 0 Å². The summed E-state index contributed by atoms with van der Waals surface area (Å²) in [5.41, 5.74) is 1.99. The van der Waals surface area contributed by atoms with Crippen molar-refractivity contribution >= 4 is 11.8 Å². The Morgan fingerprint density at radius 2 is 1.33 bits per heavy atom. The quantitative estimate of drug-likeness (QED) is 0.821. The summed E-state index contributed by atoms with van der Waals surface area (Å²) in [5.74, 6) is -0.608. The molecule has 0 bridgehead atoms. The number of halogens is 1. The summed E-state index contributed by atoms with van der Waals surface area (Å²) in [5, 5.41) is 5.60. The van der Waals surface area contributed by atoms with Crippen LogP contribution in [0.4, 0.5) is 4.39 Å². The van der Waals surface area contributed by atoms with Crippen molar-refractivity contribution in [3.8, 4) is 0 Å². The standard InChI is InChI=1S/C19H21FN2O2/c1-2-12-21-18(23)15-5-7-16(8-6-15)19(24)22-13-11-14-3-9-17(20)10-4-14/h3-10H,2,11-13H2,1H3,(H,21,23)(H,22,24). The van der Waals surface area contributed by atoms with Crippen LogP contribution in [-0.4, -0.2) is 24.9 Å². The maximum Gasteiger partial charge on any atom is 0.251 e. The number of carbonyl (C=O) groups excluding carboxylic acids is 2. The monoisotopic (exact) mass is 328 g/mol. The highest BCUT2D eigenvalue weighted by Crippen LogP contribution is 2.06. The third-order valence-corrected chi connectivity index (χ3v) is 3.56. The van der Waals surface area contributed by atoms with Crippen molar-refractivity contribution in [1.29, 1.82) is 0 Å². The van der Waals surface area contributed by atoms with E-state index in [-0.39, 0.29) is 17.6 Å². The van der Waals surface area contributed by atoms with Gasteiger partial charge in [-0.2, -0.15) is 0 Å². The molecular formula is C19H21FN2O2. The van der Waals surface area contributed by atoms with E-state index in [0.29, 0.717) is 30.6 Å². The lowest BCUT2D eigenvalue weighted by Gasteiger charge is -2.07. The molecule has 0 fully saturated rings. The molecule has 2 aromatic rings. The Morgan fingerprint density at radius 3 is 1.83 bits per heavy atom. The van der Waals surface area contributed by atoms with Gasteiger partial charge in [-0.15, -0.1) is 0 Å². The topological polar surface area (TPSA) is 58.2 Å². The van der Waals surface area contributed by atoms with E-state index in [4.69, 9.17) is 0 Å². The summed E-state index contributed by atoms with van der Waals surface area (Å²) in [6, 6.07) is 12.7. The maximum atomic E-state index is 12.8. The lowest BCUT2D eigenvalue weighted by atomic mass is 10.1. The van der Waals surface area contributed by atoms with Crippen LogP contribution >= 0.6 is 0 Å². The van der Waals surface area contributed by atoms with Crippen LogP contribution in [0.1, 0.15) is 39.6 Å². The fourth-order valence-electron chi connectivity index (χ4n) is 2.19. The van der Waals surface area contributed by atoms with E-state index in [2.05, 4.69) is 10.6 Å². The molecule has 2 amide bonds. The zero-order valence-corrected chi connectivity index (χ0v) is 13.6. The Bertz CT molecular complexity index is 682. The molecule has 0 radical (unpaired) electrons. The molecule has 2 rings (SSSR count). The van der Waals surface area contributed by atoms with E-state index in [1.54, 1.807) is 36.4 Å². The summed E-state index contributed by atoms with van der Waals surface area (Å²) in [7, 11) is 0. The zero-order chi connectivity index (χ0) is 17.4. The Balaban J connectivity index is 1.83. The summed E-state index contributed by atoms with van der Waals surface area (Å²) < 4.78 is 12.8. The molecule has 0 spiro atoms. The highest BCUT2D eigenvalue weighted by atomic mass is 19.1. The van der Waals surface area contributed by atoms with Gasteiger partial charge in [0.1, 0.15) is 5.82 Å². The van der Waals surface area contributed by atoms with E-state index in [1.165, 1.54) is 12.1 Å². The second-order valence-electron chi connectivity index (χ2n) is 5.47. The minimum atomic E-state index is -0.272. The fourth-order valence-corrected chi connectivity index (χ4v) is 2.19. The van der Waals surface area contributed by atoms with Crippen LogP contribution in [0.5, 0.6) is 0 Å². The largest absolute Gasteiger partial charge is 0.352 e. The van der Waals surface area contributed by atoms with Gasteiger partial charge in [-0.1, -0.05) is 19.1 Å². The van der Waals surface area contributed by atoms with Crippen molar-refractivity contribution in [1.82, 2.24) is 10.6 Å². The fraction of sp³-hybridized carbons (Fsp3) is 0.263. The molecule has 2 N–H and O–H groups in total. The number of benzene rings is 2. The second kappa shape index (κ2) is 8.82. The molecule has 0 unspecified atom stereocenters. The smallest absolute Gasteiger partial charge is 0.251 e. The molecule has 5 heteroatoms. The highest BCUT2D eigenvalue weighted by Gasteiger charge is 2.08. The third kappa shape index (κ3) is 5.19. The van der Waals surface area contributed by atoms with Crippen LogP contribution < -0.4 is 10.6 Å². The summed E-state index contributed by atoms with van der Waals surface area (Å²) in [6.07, 6.45) is 1.50. The SMILES string of the molecule is CCCNC(=O)c1ccc(C(=O)NCCc2ccc(F)cc2)cc1. The first-order valence-corrected chi connectivity index (χ1v) is 8.01. The van der Waals surface area contributed by atoms with E-state index >= 15 is 0 Å². The number of hydrogen-bond donors (Lipinski definition) is 2. The van der Waals surface area contributed by atoms with Crippen LogP contribution in [0.15, 0.2) is 48.5 Å². The number of amides is 2. The van der Waals surface area contributed by atoms with Crippen molar-refractivity contribution in [2.45, 2.75) is 19.8 Å². The number of nitrogens with one attached hydrogen (secondary N) is 2. The van der Waals surface area contributed by atoms with Gasteiger partial charge in [0.25, 0.3) is 11.8 Å². The Kier molecular flexibility index (Phi) is 6.49. The lowest BCUT2D eigenvalue weighted by Crippen LogP contribution is -2.26. The number of carbonyl (C=O) groups is 2. The van der Waals surface area contributed by atoms with Crippen LogP contribution in [0, 0.1) is 5.82 Å². The first kappa shape index (κ1) is 17.7. The Morgan fingerprint density at radius 1 is 0.833 bits per heavy atom. The van der Waals surface area contributed by atoms with Gasteiger partial charge >= 0.3 is 0 Å². The molecule has 0 aliphatic heterocycles. The van der Waals surface area contributed by atoms with Crippen molar-refractivity contribution in [3.05, 3.63) is 71.0 Å². The second-order valence-corrected chi connectivity index (χ2v) is 5.47. The molecule has 24 heavy (non-hydrogen) atoms. The minimum absolute atomic E-state index is 0.139. The molecule has 0 atom stereocenters. The first-order chi connectivity index (χ1) is 11.6. The molecule has 0 heterocycles. The summed E-state index contributed by atoms with van der Waals surface area (Å²) >= 11 is 0. The normalized spacial score (nSPS) is 10.2. The predicted octanol–water partition coefficient (Wildman–Crippen LogP) is 2.94. The average molecular weight is 328 g/mol. The molecule has 0 aromatic heterocycles. The van der Waals surface area contributed by atoms with Crippen molar-refractivity contribution in [2.75, 3.05) is 13.1 Å². The first-order valence-electron chi connectivity index (χ1n) is 8.01. The van der Waals surface area contributed by atoms with Gasteiger partial charge in [0.15, 0.2) is 0 Å². The van der Waals surface area contributed by atoms with Crippen LogP contribution in [0.25, 0.3) is 0 Å². The molecular weight excluding hydrogens is 307 g/mol. The third-order valence-electron chi connectivity index (χ3n) is 3.56. The van der Waals surface area contributed by atoms with Crippen molar-refractivity contribution < 1.29 is 14.0 Å². The van der Waals surface area contributed by atoms with E-state index < -0.39 is 0 Å². The van der Waals surface area contributed by atoms with Gasteiger partial charge in [0, 0.05) is 24.2 Å². The average Bonchev–Trinajstić information content (AvgIpc) is 2.61. The molecule has 0 saturated heterocycles. The van der Waals surface area contributed by atoms with Crippen LogP contribution in [-0.2, 0) is 6.42 Å². The van der Waals surface area contributed by atoms with E-state index in [0.717, 1.165) is 12.0 Å². The van der Waals surface area contributed by atoms with Crippen molar-refractivity contribution in [3.63, 3.8) is 0 Å². The zero-order valence-electron chi connectivity index (χ0n) is 13.6. The van der Waals surface area contributed by atoms with E-state index in [9.17, 15) is 14.0 Å². The maximum absolute atomic E-state index is 12.8. The molecule has 0 saturated carbocycles. The Labute approximate surface area is 141 Å². The van der Waals surface area contributed by atoms with Gasteiger partial charge in [-0.05, 0) is 54.8 Å². The van der Waals surface area contributed by atoms with Gasteiger partial charge in [-0.25, -0.2) is 4.39 Å². The van der Waals surface area contributed by atoms with Gasteiger partial charge in [0.2, 0.25) is 0 Å². The number of rotatable bonds is 7. The minimum Gasteiger partial charge on any atom is -0.352 e. The molecule has 4 nitrogen and oxygen atoms in total.